The number of cyclic esters (lactones) is 4. The minimum atomic E-state index is -1.53. The molecule has 33 heteroatoms. The number of nitrogens with zero attached hydrogens (tertiary/aromatic N) is 7. The molecular formula is C104H154N8O25. The lowest BCUT2D eigenvalue weighted by Crippen LogP contribution is -2.55. The van der Waals surface area contributed by atoms with Crippen molar-refractivity contribution in [1.82, 2.24) is 39.6 Å². The molecule has 0 unspecified atom stereocenters. The average molecular weight is 1920 g/mol. The van der Waals surface area contributed by atoms with Gasteiger partial charge in [0, 0.05) is 75.0 Å². The van der Waals surface area contributed by atoms with E-state index < -0.39 is 192 Å². The van der Waals surface area contributed by atoms with Gasteiger partial charge in [-0.2, -0.15) is 0 Å². The lowest BCUT2D eigenvalue weighted by Gasteiger charge is -2.35. The zero-order valence-electron chi connectivity index (χ0n) is 85.8. The molecule has 0 spiro atoms. The lowest BCUT2D eigenvalue weighted by atomic mass is 10.00. The van der Waals surface area contributed by atoms with Gasteiger partial charge in [0.25, 0.3) is 41.4 Å². The van der Waals surface area contributed by atoms with Crippen molar-refractivity contribution in [3.8, 4) is 0 Å². The minimum Gasteiger partial charge on any atom is -0.478 e. The van der Waals surface area contributed by atoms with E-state index in [-0.39, 0.29) is 118 Å². The maximum Gasteiger partial charge on any atom is 0.345 e. The van der Waals surface area contributed by atoms with Gasteiger partial charge in [-0.1, -0.05) is 232 Å². The summed E-state index contributed by atoms with van der Waals surface area (Å²) in [4.78, 5) is 232. The maximum atomic E-state index is 14.6. The molecule has 7 amide bonds. The van der Waals surface area contributed by atoms with Crippen LogP contribution in [0.15, 0.2) is 121 Å². The predicted octanol–water partition coefficient (Wildman–Crippen LogP) is 11.2. The van der Waals surface area contributed by atoms with Crippen LogP contribution in [0.4, 0.5) is 0 Å². The number of likely N-dealkylation sites (N-methyl/N-ethyl adjacent to an activating group) is 8. The van der Waals surface area contributed by atoms with E-state index in [0.29, 0.717) is 28.7 Å². The van der Waals surface area contributed by atoms with Crippen LogP contribution in [0.5, 0.6) is 0 Å². The fourth-order valence-electron chi connectivity index (χ4n) is 15.8. The predicted molar refractivity (Wildman–Crippen MR) is 514 cm³/mol. The second kappa shape index (κ2) is 56.9. The van der Waals surface area contributed by atoms with Gasteiger partial charge >= 0.3 is 53.7 Å². The molecule has 0 saturated carbocycles. The van der Waals surface area contributed by atoms with E-state index in [1.54, 1.807) is 128 Å². The number of nitrogens with one attached hydrogen (secondary N) is 1. The van der Waals surface area contributed by atoms with Crippen LogP contribution in [0.1, 0.15) is 212 Å². The Morgan fingerprint density at radius 2 is 0.599 bits per heavy atom. The number of carboxylic acid groups (broad SMARTS) is 1. The molecule has 1 fully saturated rings. The van der Waals surface area contributed by atoms with Crippen LogP contribution in [-0.4, -0.2) is 288 Å². The standard InChI is InChI=1S/C52H78N4O13.C52H76N4O12/c1-31(2)25-39(53-11)49(62)66-35(9)45(57)54(12)41(27-33(5)6)51(64)68-43(29-37-21-17-15-18-22-37)47(59)56(14)40(26-32(3)4)50(63)67-36(10)46(58)55(13)42(28-34(7)8)52(65)69-44(48(60)61)30-38-23-19-16-20-24-38;1-31(2)25-39-49(61)65-35(9)45(57)53(11)42(28-34(7)8)52(64)68-44(30-38-23-19-16-20-24-38)48(60)56(14)40(26-32(3)4)50(62)66-36(10)46(58)54(12)41(27-33(5)6)51(63)67-43(47(59)55(39)13)29-37-21-17-15-18-22-37/h15-24,31-36,39-44,53H,25-30H2,1-14H3,(H,60,61);15-24,31-36,39-44H,25-30H2,1-14H3/t2*35-,36-,39+,40+,41+,42+,43-,44-/m11/s1. The Balaban J connectivity index is 0.000000572. The van der Waals surface area contributed by atoms with E-state index in [2.05, 4.69) is 5.32 Å². The fourth-order valence-corrected chi connectivity index (χ4v) is 15.8. The number of hydrogen-bond donors (Lipinski definition) is 2. The number of ether oxygens (including phenoxy) is 8. The van der Waals surface area contributed by atoms with Crippen LogP contribution in [-0.2, 0) is 140 Å². The van der Waals surface area contributed by atoms with Gasteiger partial charge in [0.15, 0.2) is 42.7 Å². The van der Waals surface area contributed by atoms with Crippen molar-refractivity contribution in [3.05, 3.63) is 144 Å². The first kappa shape index (κ1) is 118. The summed E-state index contributed by atoms with van der Waals surface area (Å²) >= 11 is 0. The average Bonchev–Trinajstić information content (AvgIpc) is 0.833. The zero-order valence-corrected chi connectivity index (χ0v) is 85.8. The quantitative estimate of drug-likeness (QED) is 0.0308. The molecule has 1 aliphatic rings. The lowest BCUT2D eigenvalue weighted by molar-refractivity contribution is -0.176. The Hall–Kier alpha value is -11.6. The van der Waals surface area contributed by atoms with E-state index in [9.17, 15) is 81.8 Å². The number of amides is 7. The normalized spacial score (nSPS) is 20.0. The largest absolute Gasteiger partial charge is 0.478 e. The molecule has 4 aromatic rings. The van der Waals surface area contributed by atoms with Crippen LogP contribution in [0.2, 0.25) is 0 Å². The molecule has 760 valence electrons. The van der Waals surface area contributed by atoms with Gasteiger partial charge in [0.05, 0.1) is 0 Å². The molecule has 16 atom stereocenters. The summed E-state index contributed by atoms with van der Waals surface area (Å²) in [7, 11) is 11.3. The molecule has 1 aliphatic heterocycles. The van der Waals surface area contributed by atoms with Crippen molar-refractivity contribution in [2.24, 2.45) is 47.3 Å². The minimum absolute atomic E-state index is 0.0814. The molecule has 4 aromatic carbocycles. The second-order valence-electron chi connectivity index (χ2n) is 39.2. The van der Waals surface area contributed by atoms with E-state index in [4.69, 9.17) is 37.9 Å². The van der Waals surface area contributed by atoms with Gasteiger partial charge in [0.1, 0.15) is 48.3 Å². The Bertz CT molecular complexity index is 4430. The van der Waals surface area contributed by atoms with Gasteiger partial charge in [-0.25, -0.2) is 38.4 Å². The summed E-state index contributed by atoms with van der Waals surface area (Å²) in [6.45, 7) is 35.2. The Kier molecular flexibility index (Phi) is 48.9. The molecule has 1 heterocycles. The monoisotopic (exact) mass is 1920 g/mol. The van der Waals surface area contributed by atoms with Crippen molar-refractivity contribution in [2.75, 3.05) is 56.4 Å². The summed E-state index contributed by atoms with van der Waals surface area (Å²) in [6.07, 6.45) is -10.7. The molecular weight excluding hydrogens is 1760 g/mol. The second-order valence-corrected chi connectivity index (χ2v) is 39.2. The van der Waals surface area contributed by atoms with Gasteiger partial charge in [-0.15, -0.1) is 0 Å². The number of aliphatic carboxylic acids is 1. The molecule has 0 bridgehead atoms. The van der Waals surface area contributed by atoms with Crippen molar-refractivity contribution in [3.63, 3.8) is 0 Å². The number of esters is 8. The molecule has 137 heavy (non-hydrogen) atoms. The van der Waals surface area contributed by atoms with Crippen LogP contribution in [0.3, 0.4) is 0 Å². The summed E-state index contributed by atoms with van der Waals surface area (Å²) in [5.41, 5.74) is 2.57. The number of rotatable bonds is 40. The summed E-state index contributed by atoms with van der Waals surface area (Å²) in [6, 6.07) is 25.9. The van der Waals surface area contributed by atoms with E-state index in [1.165, 1.54) is 81.9 Å². The SMILES string of the molecule is CC(C)C[C@H]1C(=O)O[C@H](Cc2ccccc2)C(=O)N(C)[C@@H](CC(C)C)C(=O)O[C@H](C)C(=O)N(C)[C@@H](CC(C)C)C(=O)O[C@H](Cc2ccccc2)C(=O)N(C)[C@@H](CC(C)C)C(=O)O[C@H](C)C(=O)N1C.CN[C@@H](CC(C)C)C(=O)O[C@H](C)C(=O)N(C)[C@@H](CC(C)C)C(=O)O[C@H](Cc1ccccc1)C(=O)N(C)[C@@H](CC(C)C)C(=O)O[C@H](C)C(=O)N(C)[C@@H](CC(C)C)C(=O)O[C@H](Cc1ccccc1)C(=O)O. The first-order chi connectivity index (χ1) is 64.1. The van der Waals surface area contributed by atoms with Gasteiger partial charge in [-0.3, -0.25) is 38.4 Å². The third kappa shape index (κ3) is 37.7. The molecule has 2 N–H and O–H groups in total. The zero-order chi connectivity index (χ0) is 103. The highest BCUT2D eigenvalue weighted by molar-refractivity contribution is 5.97. The molecule has 1 saturated heterocycles. The Morgan fingerprint density at radius 1 is 0.343 bits per heavy atom. The topological polar surface area (TPSA) is 402 Å². The summed E-state index contributed by atoms with van der Waals surface area (Å²) in [5, 5.41) is 12.8. The summed E-state index contributed by atoms with van der Waals surface area (Å²) in [5.74, 6) is -14.3. The molecule has 0 aliphatic carbocycles. The van der Waals surface area contributed by atoms with Crippen LogP contribution in [0.25, 0.3) is 0 Å². The van der Waals surface area contributed by atoms with Crippen LogP contribution >= 0.6 is 0 Å². The Labute approximate surface area is 810 Å². The molecule has 33 nitrogen and oxygen atoms in total. The summed E-state index contributed by atoms with van der Waals surface area (Å²) < 4.78 is 46.6. The number of carboxylic acids is 1. The van der Waals surface area contributed by atoms with Gasteiger partial charge in [0.2, 0.25) is 6.10 Å². The molecule has 0 radical (unpaired) electrons. The maximum absolute atomic E-state index is 14.6. The Morgan fingerprint density at radius 3 is 0.883 bits per heavy atom. The first-order valence-corrected chi connectivity index (χ1v) is 47.7. The van der Waals surface area contributed by atoms with Crippen molar-refractivity contribution in [2.45, 2.75) is 313 Å². The van der Waals surface area contributed by atoms with Crippen molar-refractivity contribution >= 4 is 95.1 Å². The highest BCUT2D eigenvalue weighted by Gasteiger charge is 2.46. The third-order valence-corrected chi connectivity index (χ3v) is 23.6. The van der Waals surface area contributed by atoms with E-state index in [0.717, 1.165) is 29.4 Å². The van der Waals surface area contributed by atoms with E-state index >= 15 is 0 Å². The number of hydrogen-bond acceptors (Lipinski definition) is 25. The van der Waals surface area contributed by atoms with E-state index in [1.807, 2.05) is 111 Å². The molecule has 0 aromatic heterocycles. The fraction of sp³-hybridized carbons (Fsp3) is 0.615. The molecule has 5 rings (SSSR count). The number of benzene rings is 4. The van der Waals surface area contributed by atoms with Crippen LogP contribution in [0, 0.1) is 47.3 Å². The highest BCUT2D eigenvalue weighted by Crippen LogP contribution is 2.29. The smallest absolute Gasteiger partial charge is 0.345 e. The highest BCUT2D eigenvalue weighted by atomic mass is 16.6. The van der Waals surface area contributed by atoms with Gasteiger partial charge in [-0.05, 0) is 156 Å². The first-order valence-electron chi connectivity index (χ1n) is 47.7. The third-order valence-electron chi connectivity index (χ3n) is 23.6. The van der Waals surface area contributed by atoms with Crippen molar-refractivity contribution < 1.29 is 120 Å². The van der Waals surface area contributed by atoms with Crippen molar-refractivity contribution in [1.29, 1.82) is 0 Å². The van der Waals surface area contributed by atoms with Gasteiger partial charge < -0.3 is 82.6 Å². The van der Waals surface area contributed by atoms with Crippen LogP contribution < -0.4 is 5.32 Å². The number of carbonyl (C=O) groups excluding carboxylic acids is 15. The number of carbonyl (C=O) groups is 16.